The average Bonchev–Trinajstić information content (AvgIpc) is 2.71. The summed E-state index contributed by atoms with van der Waals surface area (Å²) in [5, 5.41) is 1.83. The van der Waals surface area contributed by atoms with Crippen molar-refractivity contribution >= 4 is 17.1 Å². The van der Waals surface area contributed by atoms with E-state index in [1.54, 1.807) is 6.07 Å². The highest BCUT2D eigenvalue weighted by atomic mass is 32.1. The van der Waals surface area contributed by atoms with Crippen LogP contribution >= 0.6 is 11.3 Å². The van der Waals surface area contributed by atoms with Crippen molar-refractivity contribution in [3.8, 4) is 0 Å². The molecular formula is C11H12F2OS. The lowest BCUT2D eigenvalue weighted by atomic mass is 9.97. The van der Waals surface area contributed by atoms with Gasteiger partial charge in [-0.05, 0) is 24.8 Å². The number of aryl methyl sites for hydroxylation is 1. The minimum absolute atomic E-state index is 0.106. The summed E-state index contributed by atoms with van der Waals surface area (Å²) in [6, 6.07) is 1.73. The van der Waals surface area contributed by atoms with E-state index in [-0.39, 0.29) is 18.6 Å². The van der Waals surface area contributed by atoms with Crippen LogP contribution in [0.5, 0.6) is 0 Å². The van der Waals surface area contributed by atoms with Gasteiger partial charge in [0.05, 0.1) is 0 Å². The molecule has 0 spiro atoms. The van der Waals surface area contributed by atoms with Gasteiger partial charge in [-0.1, -0.05) is 0 Å². The largest absolute Gasteiger partial charge is 0.294 e. The molecule has 0 aliphatic heterocycles. The molecule has 0 bridgehead atoms. The maximum absolute atomic E-state index is 12.9. The van der Waals surface area contributed by atoms with Crippen LogP contribution in [0.2, 0.25) is 0 Å². The van der Waals surface area contributed by atoms with Gasteiger partial charge in [0.25, 0.3) is 0 Å². The Kier molecular flexibility index (Phi) is 2.63. The summed E-state index contributed by atoms with van der Waals surface area (Å²) in [5.74, 6) is -3.22. The third kappa shape index (κ3) is 2.09. The highest BCUT2D eigenvalue weighted by Gasteiger charge is 2.42. The first-order chi connectivity index (χ1) is 6.99. The van der Waals surface area contributed by atoms with E-state index in [1.807, 2.05) is 12.3 Å². The van der Waals surface area contributed by atoms with Crippen LogP contribution in [0.1, 0.15) is 34.5 Å². The summed E-state index contributed by atoms with van der Waals surface area (Å²) in [5.41, 5.74) is 0.628. The van der Waals surface area contributed by atoms with Gasteiger partial charge in [0.15, 0.2) is 5.78 Å². The topological polar surface area (TPSA) is 17.1 Å². The third-order valence-electron chi connectivity index (χ3n) is 2.90. The third-order valence-corrected chi connectivity index (χ3v) is 3.74. The lowest BCUT2D eigenvalue weighted by Gasteiger charge is -2.09. The number of thiophene rings is 1. The Morgan fingerprint density at radius 3 is 2.80 bits per heavy atom. The number of alkyl halides is 2. The van der Waals surface area contributed by atoms with Gasteiger partial charge in [0.1, 0.15) is 0 Å². The van der Waals surface area contributed by atoms with Gasteiger partial charge in [-0.15, -0.1) is 11.3 Å². The van der Waals surface area contributed by atoms with Crippen molar-refractivity contribution in [2.24, 2.45) is 5.92 Å². The highest BCUT2D eigenvalue weighted by Crippen LogP contribution is 2.40. The van der Waals surface area contributed by atoms with E-state index in [1.165, 1.54) is 11.3 Å². The van der Waals surface area contributed by atoms with Crippen LogP contribution in [0.25, 0.3) is 0 Å². The normalized spacial score (nSPS) is 24.3. The monoisotopic (exact) mass is 230 g/mol. The Bertz CT molecular complexity index is 384. The van der Waals surface area contributed by atoms with E-state index in [0.29, 0.717) is 12.0 Å². The fourth-order valence-corrected chi connectivity index (χ4v) is 2.74. The summed E-state index contributed by atoms with van der Waals surface area (Å²) >= 11 is 1.48. The fraction of sp³-hybridized carbons (Fsp3) is 0.545. The molecule has 1 aromatic heterocycles. The number of hydrogen-bond acceptors (Lipinski definition) is 2. The molecule has 15 heavy (non-hydrogen) atoms. The number of ketones is 1. The molecule has 4 heteroatoms. The van der Waals surface area contributed by atoms with Crippen molar-refractivity contribution in [1.29, 1.82) is 0 Å². The first kappa shape index (κ1) is 10.7. The second kappa shape index (κ2) is 3.67. The molecule has 0 saturated heterocycles. The van der Waals surface area contributed by atoms with Crippen LogP contribution in [0, 0.1) is 12.8 Å². The van der Waals surface area contributed by atoms with Crippen LogP contribution in [0.4, 0.5) is 8.78 Å². The number of hydrogen-bond donors (Lipinski definition) is 0. The smallest absolute Gasteiger partial charge is 0.248 e. The molecule has 1 saturated carbocycles. The molecule has 1 aromatic rings. The Hall–Kier alpha value is -0.770. The van der Waals surface area contributed by atoms with Crippen molar-refractivity contribution in [3.05, 3.63) is 21.9 Å². The predicted molar refractivity (Wildman–Crippen MR) is 55.7 cm³/mol. The molecule has 0 aromatic carbocycles. The van der Waals surface area contributed by atoms with Crippen LogP contribution in [-0.2, 0) is 0 Å². The second-order valence-corrected chi connectivity index (χ2v) is 5.17. The highest BCUT2D eigenvalue weighted by molar-refractivity contribution is 7.10. The van der Waals surface area contributed by atoms with Gasteiger partial charge in [0.2, 0.25) is 5.92 Å². The summed E-state index contributed by atoms with van der Waals surface area (Å²) in [6.07, 6.45) is -0.102. The average molecular weight is 230 g/mol. The first-order valence-corrected chi connectivity index (χ1v) is 5.84. The van der Waals surface area contributed by atoms with Gasteiger partial charge in [0, 0.05) is 29.2 Å². The quantitative estimate of drug-likeness (QED) is 0.708. The van der Waals surface area contributed by atoms with E-state index in [0.717, 1.165) is 4.88 Å². The molecule has 2 rings (SSSR count). The van der Waals surface area contributed by atoms with Crippen LogP contribution in [0.3, 0.4) is 0 Å². The van der Waals surface area contributed by atoms with Crippen molar-refractivity contribution in [1.82, 2.24) is 0 Å². The van der Waals surface area contributed by atoms with Crippen LogP contribution < -0.4 is 0 Å². The standard InChI is InChI=1S/C11H12F2OS/c1-7-9(3-5-15-7)10(14)8-2-4-11(12,13)6-8/h3,5,8H,2,4,6H2,1H3. The number of Topliss-reactive ketones (excluding diaryl/α,β-unsaturated/α-hetero) is 1. The lowest BCUT2D eigenvalue weighted by molar-refractivity contribution is 0.00530. The molecule has 1 nitrogen and oxygen atoms in total. The van der Waals surface area contributed by atoms with E-state index in [2.05, 4.69) is 0 Å². The zero-order chi connectivity index (χ0) is 11.1. The second-order valence-electron chi connectivity index (χ2n) is 4.05. The zero-order valence-electron chi connectivity index (χ0n) is 8.43. The fourth-order valence-electron chi connectivity index (χ4n) is 2.03. The molecule has 1 aliphatic rings. The Morgan fingerprint density at radius 2 is 2.33 bits per heavy atom. The van der Waals surface area contributed by atoms with Crippen LogP contribution in [0.15, 0.2) is 11.4 Å². The van der Waals surface area contributed by atoms with E-state index < -0.39 is 11.8 Å². The molecule has 82 valence electrons. The van der Waals surface area contributed by atoms with Gasteiger partial charge in [-0.2, -0.15) is 0 Å². The minimum atomic E-state index is -2.63. The predicted octanol–water partition coefficient (Wildman–Crippen LogP) is 3.67. The Morgan fingerprint density at radius 1 is 1.60 bits per heavy atom. The zero-order valence-corrected chi connectivity index (χ0v) is 9.24. The van der Waals surface area contributed by atoms with Crippen molar-refractivity contribution < 1.29 is 13.6 Å². The summed E-state index contributed by atoms with van der Waals surface area (Å²) in [4.78, 5) is 12.8. The minimum Gasteiger partial charge on any atom is -0.294 e. The maximum atomic E-state index is 12.9. The molecule has 1 heterocycles. The van der Waals surface area contributed by atoms with Gasteiger partial charge < -0.3 is 0 Å². The van der Waals surface area contributed by atoms with E-state index in [9.17, 15) is 13.6 Å². The molecule has 1 atom stereocenters. The Labute approximate surface area is 91.1 Å². The Balaban J connectivity index is 2.14. The molecule has 1 unspecified atom stereocenters. The number of carbonyl (C=O) groups is 1. The number of carbonyl (C=O) groups excluding carboxylic acids is 1. The molecule has 1 aliphatic carbocycles. The molecule has 1 fully saturated rings. The maximum Gasteiger partial charge on any atom is 0.248 e. The molecule has 0 radical (unpaired) electrons. The van der Waals surface area contributed by atoms with Gasteiger partial charge in [-0.25, -0.2) is 8.78 Å². The van der Waals surface area contributed by atoms with E-state index in [4.69, 9.17) is 0 Å². The first-order valence-electron chi connectivity index (χ1n) is 4.96. The SMILES string of the molecule is Cc1sccc1C(=O)C1CCC(F)(F)C1. The van der Waals surface area contributed by atoms with Crippen molar-refractivity contribution in [2.45, 2.75) is 32.1 Å². The van der Waals surface area contributed by atoms with E-state index >= 15 is 0 Å². The summed E-state index contributed by atoms with van der Waals surface area (Å²) in [6.45, 7) is 1.85. The van der Waals surface area contributed by atoms with Gasteiger partial charge >= 0.3 is 0 Å². The van der Waals surface area contributed by atoms with Crippen LogP contribution in [-0.4, -0.2) is 11.7 Å². The van der Waals surface area contributed by atoms with Crippen molar-refractivity contribution in [2.75, 3.05) is 0 Å². The van der Waals surface area contributed by atoms with Crippen molar-refractivity contribution in [3.63, 3.8) is 0 Å². The summed E-state index contributed by atoms with van der Waals surface area (Å²) < 4.78 is 25.9. The van der Waals surface area contributed by atoms with Gasteiger partial charge in [-0.3, -0.25) is 4.79 Å². The molecular weight excluding hydrogens is 218 g/mol. The molecule has 0 N–H and O–H groups in total. The number of halogens is 2. The molecule has 0 amide bonds. The summed E-state index contributed by atoms with van der Waals surface area (Å²) in [7, 11) is 0. The number of rotatable bonds is 2. The lowest BCUT2D eigenvalue weighted by Crippen LogP contribution is -2.15.